The van der Waals surface area contributed by atoms with Crippen LogP contribution in [0.1, 0.15) is 46.0 Å². The third kappa shape index (κ3) is 4.14. The molecular formula is C26H29F2N7O2. The molecule has 2 saturated heterocycles. The largest absolute Gasteiger partial charge is 0.507 e. The van der Waals surface area contributed by atoms with Gasteiger partial charge in [-0.1, -0.05) is 6.07 Å². The molecule has 37 heavy (non-hydrogen) atoms. The molecule has 4 heterocycles. The Bertz CT molecular complexity index is 1340. The minimum atomic E-state index is -1.04. The maximum Gasteiger partial charge on any atom is 0.316 e. The van der Waals surface area contributed by atoms with Crippen molar-refractivity contribution in [3.63, 3.8) is 0 Å². The summed E-state index contributed by atoms with van der Waals surface area (Å²) in [6, 6.07) is 4.51. The minimum absolute atomic E-state index is 0.00211. The smallest absolute Gasteiger partial charge is 0.316 e. The molecule has 0 spiro atoms. The highest BCUT2D eigenvalue weighted by Crippen LogP contribution is 2.47. The van der Waals surface area contributed by atoms with Gasteiger partial charge in [0.15, 0.2) is 17.5 Å². The van der Waals surface area contributed by atoms with Crippen LogP contribution in [-0.2, 0) is 0 Å². The molecule has 9 nitrogen and oxygen atoms in total. The highest BCUT2D eigenvalue weighted by molar-refractivity contribution is 5.71. The number of fused-ring (bicyclic) bond motifs is 2. The maximum absolute atomic E-state index is 15.8. The fraction of sp³-hybridized carbons (Fsp3) is 0.500. The molecule has 2 aromatic heterocycles. The van der Waals surface area contributed by atoms with Crippen molar-refractivity contribution in [2.75, 3.05) is 12.0 Å². The zero-order valence-electron chi connectivity index (χ0n) is 20.9. The molecule has 0 amide bonds. The van der Waals surface area contributed by atoms with Crippen LogP contribution in [0.2, 0.25) is 0 Å². The number of hydrogen-bond acceptors (Lipinski definition) is 9. The Kier molecular flexibility index (Phi) is 5.52. The molecule has 6 rings (SSSR count). The highest BCUT2D eigenvalue weighted by Gasteiger charge is 2.58. The van der Waals surface area contributed by atoms with Gasteiger partial charge in [0.25, 0.3) is 0 Å². The second-order valence-electron chi connectivity index (χ2n) is 10.8. The van der Waals surface area contributed by atoms with Gasteiger partial charge in [0.2, 0.25) is 0 Å². The van der Waals surface area contributed by atoms with E-state index in [1.807, 2.05) is 6.92 Å². The number of phenolic OH excluding ortho intramolecular Hbond substituents is 1. The highest BCUT2D eigenvalue weighted by atomic mass is 19.1. The van der Waals surface area contributed by atoms with E-state index in [4.69, 9.17) is 4.74 Å². The van der Waals surface area contributed by atoms with Crippen molar-refractivity contribution in [3.05, 3.63) is 36.4 Å². The van der Waals surface area contributed by atoms with E-state index in [2.05, 4.69) is 42.3 Å². The van der Waals surface area contributed by atoms with Crippen molar-refractivity contribution in [3.8, 4) is 34.4 Å². The predicted octanol–water partition coefficient (Wildman–Crippen LogP) is 3.83. The second kappa shape index (κ2) is 8.54. The molecule has 194 valence electrons. The average Bonchev–Trinajstić information content (AvgIpc) is 3.68. The van der Waals surface area contributed by atoms with E-state index < -0.39 is 17.5 Å². The molecule has 3 fully saturated rings. The number of rotatable bonds is 6. The second-order valence-corrected chi connectivity index (χ2v) is 10.8. The van der Waals surface area contributed by atoms with Gasteiger partial charge in [-0.3, -0.25) is 0 Å². The molecule has 2 N–H and O–H groups in total. The van der Waals surface area contributed by atoms with Gasteiger partial charge >= 0.3 is 6.01 Å². The van der Waals surface area contributed by atoms with Gasteiger partial charge in [-0.25, -0.2) is 18.7 Å². The van der Waals surface area contributed by atoms with Crippen molar-refractivity contribution < 1.29 is 18.6 Å². The van der Waals surface area contributed by atoms with Crippen LogP contribution in [0.4, 0.5) is 14.6 Å². The van der Waals surface area contributed by atoms with Gasteiger partial charge in [0, 0.05) is 22.7 Å². The van der Waals surface area contributed by atoms with Gasteiger partial charge in [0.05, 0.1) is 31.1 Å². The van der Waals surface area contributed by atoms with E-state index in [1.165, 1.54) is 13.2 Å². The minimum Gasteiger partial charge on any atom is -0.507 e. The molecule has 2 bridgehead atoms. The molecule has 0 unspecified atom stereocenters. The van der Waals surface area contributed by atoms with Crippen LogP contribution in [0.15, 0.2) is 30.6 Å². The van der Waals surface area contributed by atoms with E-state index in [0.717, 1.165) is 31.9 Å². The number of piperidine rings is 1. The molecular weight excluding hydrogens is 480 g/mol. The van der Waals surface area contributed by atoms with Gasteiger partial charge < -0.3 is 20.1 Å². The van der Waals surface area contributed by atoms with Crippen LogP contribution in [0.25, 0.3) is 22.6 Å². The van der Waals surface area contributed by atoms with Gasteiger partial charge in [0.1, 0.15) is 17.6 Å². The van der Waals surface area contributed by atoms with Crippen LogP contribution in [0.3, 0.4) is 0 Å². The van der Waals surface area contributed by atoms with Gasteiger partial charge in [-0.05, 0) is 58.1 Å². The third-order valence-corrected chi connectivity index (χ3v) is 7.92. The number of hydrogen-bond donors (Lipinski definition) is 2. The Morgan fingerprint density at radius 2 is 1.95 bits per heavy atom. The first-order valence-corrected chi connectivity index (χ1v) is 12.5. The summed E-state index contributed by atoms with van der Waals surface area (Å²) in [6.07, 6.45) is 6.00. The zero-order valence-corrected chi connectivity index (χ0v) is 20.9. The third-order valence-electron chi connectivity index (χ3n) is 7.92. The first kappa shape index (κ1) is 23.9. The van der Waals surface area contributed by atoms with Gasteiger partial charge in [-0.15, -0.1) is 10.2 Å². The predicted molar refractivity (Wildman–Crippen MR) is 132 cm³/mol. The first-order valence-electron chi connectivity index (χ1n) is 12.5. The maximum atomic E-state index is 15.8. The van der Waals surface area contributed by atoms with Gasteiger partial charge in [-0.2, -0.15) is 4.98 Å². The number of nitrogens with zero attached hydrogens (tertiary/aromatic N) is 6. The number of aromatic nitrogens is 5. The molecule has 4 atom stereocenters. The Balaban J connectivity index is 1.28. The molecule has 3 aromatic rings. The number of aromatic hydroxyl groups is 1. The number of phenols is 1. The summed E-state index contributed by atoms with van der Waals surface area (Å²) in [6.45, 7) is 4.15. The summed E-state index contributed by atoms with van der Waals surface area (Å²) >= 11 is 0. The monoisotopic (exact) mass is 509 g/mol. The topological polar surface area (TPSA) is 109 Å². The lowest BCUT2D eigenvalue weighted by Gasteiger charge is -2.48. The van der Waals surface area contributed by atoms with E-state index >= 15 is 4.39 Å². The van der Waals surface area contributed by atoms with Crippen molar-refractivity contribution in [2.45, 2.75) is 75.3 Å². The van der Waals surface area contributed by atoms with Crippen LogP contribution in [0, 0.1) is 5.82 Å². The number of alkyl halides is 1. The molecule has 3 aliphatic rings. The van der Waals surface area contributed by atoms with E-state index in [0.29, 0.717) is 23.4 Å². The number of halogens is 2. The lowest BCUT2D eigenvalue weighted by Crippen LogP contribution is -2.66. The van der Waals surface area contributed by atoms with E-state index in [1.54, 1.807) is 18.3 Å². The van der Waals surface area contributed by atoms with Crippen LogP contribution in [0.5, 0.6) is 11.8 Å². The summed E-state index contributed by atoms with van der Waals surface area (Å²) in [7, 11) is 1.39. The van der Waals surface area contributed by atoms with Crippen molar-refractivity contribution >= 4 is 5.82 Å². The Morgan fingerprint density at radius 3 is 2.62 bits per heavy atom. The van der Waals surface area contributed by atoms with Crippen molar-refractivity contribution in [2.24, 2.45) is 0 Å². The fourth-order valence-corrected chi connectivity index (χ4v) is 5.95. The Morgan fingerprint density at radius 1 is 1.14 bits per heavy atom. The number of nitrogens with one attached hydrogen (secondary N) is 1. The lowest BCUT2D eigenvalue weighted by atomic mass is 9.82. The quantitative estimate of drug-likeness (QED) is 0.512. The van der Waals surface area contributed by atoms with Crippen LogP contribution in [-0.4, -0.2) is 66.7 Å². The van der Waals surface area contributed by atoms with E-state index in [9.17, 15) is 9.50 Å². The standard InChI is InChI=1S/C26H29F2N7O2/c1-25-8-9-26(2,34-25)22(28)18(11-25)35(15-5-6-15)20-13-29-23(33-32-20)16-7-4-14(10-19(16)36)21-17(27)12-30-24(31-21)37-3/h4,7,10,12-13,15,18,22,34,36H,5-6,8-9,11H2,1-3H3/t18-,22-,25-,26+/m1/s1. The molecule has 0 radical (unpaired) electrons. The van der Waals surface area contributed by atoms with E-state index in [-0.39, 0.29) is 40.9 Å². The summed E-state index contributed by atoms with van der Waals surface area (Å²) in [5.41, 5.74) is 0.0383. The SMILES string of the molecule is COc1ncc(F)c(-c2ccc(-c3ncc(N(C4CC4)[C@@H]4C[C@@]5(C)CC[C@](C)(N5)[C@@H]4F)nn3)c(O)c2)n1. The number of ether oxygens (including phenoxy) is 1. The van der Waals surface area contributed by atoms with Crippen molar-refractivity contribution in [1.29, 1.82) is 0 Å². The molecule has 1 aliphatic carbocycles. The summed E-state index contributed by atoms with van der Waals surface area (Å²) in [5.74, 6) is -0.0395. The molecule has 1 aromatic carbocycles. The molecule has 11 heteroatoms. The van der Waals surface area contributed by atoms with Crippen LogP contribution >= 0.6 is 0 Å². The number of anilines is 1. The fourth-order valence-electron chi connectivity index (χ4n) is 5.95. The lowest BCUT2D eigenvalue weighted by molar-refractivity contribution is 0.0831. The first-order chi connectivity index (χ1) is 17.7. The normalized spacial score (nSPS) is 28.8. The van der Waals surface area contributed by atoms with Crippen LogP contribution < -0.4 is 15.0 Å². The summed E-state index contributed by atoms with van der Waals surface area (Å²) < 4.78 is 35.1. The summed E-state index contributed by atoms with van der Waals surface area (Å²) in [4.78, 5) is 14.3. The molecule has 1 saturated carbocycles. The van der Waals surface area contributed by atoms with Crippen molar-refractivity contribution in [1.82, 2.24) is 30.5 Å². The average molecular weight is 510 g/mol. The Labute approximate surface area is 213 Å². The Hall–Kier alpha value is -3.47. The summed E-state index contributed by atoms with van der Waals surface area (Å²) in [5, 5.41) is 22.9. The molecule has 2 aliphatic heterocycles. The number of methoxy groups -OCH3 is 1. The zero-order chi connectivity index (χ0) is 25.9. The number of benzene rings is 1.